The van der Waals surface area contributed by atoms with Gasteiger partial charge in [0.05, 0.1) is 0 Å². The van der Waals surface area contributed by atoms with Crippen molar-refractivity contribution < 1.29 is 24.0 Å². The zero-order chi connectivity index (χ0) is 14.4. The molecule has 0 fully saturated rings. The number of aromatic nitrogens is 1. The number of esters is 1. The third-order valence-electron chi connectivity index (χ3n) is 2.67. The molecular weight excluding hydrogens is 258 g/mol. The third-order valence-corrected chi connectivity index (χ3v) is 2.67. The minimum absolute atomic E-state index is 0.317. The zero-order valence-corrected chi connectivity index (χ0v) is 10.7. The van der Waals surface area contributed by atoms with Crippen LogP contribution in [-0.2, 0) is 16.1 Å². The number of carbonyl (C=O) groups is 2. The van der Waals surface area contributed by atoms with Gasteiger partial charge in [0.2, 0.25) is 0 Å². The molecule has 2 aromatic rings. The summed E-state index contributed by atoms with van der Waals surface area (Å²) < 4.78 is 6.43. The first kappa shape index (κ1) is 13.7. The molecule has 0 aliphatic heterocycles. The second-order valence-electron chi connectivity index (χ2n) is 4.17. The number of benzene rings is 1. The number of rotatable bonds is 5. The Labute approximate surface area is 116 Å². The van der Waals surface area contributed by atoms with Crippen LogP contribution in [0.15, 0.2) is 54.7 Å². The summed E-state index contributed by atoms with van der Waals surface area (Å²) in [5, 5.41) is 8.53. The Bertz CT molecular complexity index is 610. The highest BCUT2D eigenvalue weighted by Crippen LogP contribution is 2.01. The molecule has 1 aromatic carbocycles. The van der Waals surface area contributed by atoms with Crippen LogP contribution in [0.3, 0.4) is 0 Å². The Morgan fingerprint density at radius 3 is 2.45 bits per heavy atom. The Morgan fingerprint density at radius 1 is 1.05 bits per heavy atom. The highest BCUT2D eigenvalue weighted by atomic mass is 16.5. The van der Waals surface area contributed by atoms with E-state index in [-0.39, 0.29) is 0 Å². The number of hydrogen-bond donors (Lipinski definition) is 1. The summed E-state index contributed by atoms with van der Waals surface area (Å²) >= 11 is 0. The molecule has 1 heterocycles. The van der Waals surface area contributed by atoms with E-state index < -0.39 is 18.5 Å². The van der Waals surface area contributed by atoms with E-state index in [0.29, 0.717) is 12.2 Å². The first-order chi connectivity index (χ1) is 9.66. The molecule has 0 aliphatic rings. The van der Waals surface area contributed by atoms with E-state index in [1.807, 2.05) is 30.3 Å². The van der Waals surface area contributed by atoms with Crippen LogP contribution in [-0.4, -0.2) is 23.7 Å². The van der Waals surface area contributed by atoms with E-state index in [1.165, 1.54) is 0 Å². The molecule has 0 amide bonds. The first-order valence-corrected chi connectivity index (χ1v) is 6.08. The molecule has 0 unspecified atom stereocenters. The Morgan fingerprint density at radius 2 is 1.75 bits per heavy atom. The Hall–Kier alpha value is -2.69. The minimum Gasteiger partial charge on any atom is -0.479 e. The molecular formula is C15H14NO4+. The normalized spacial score (nSPS) is 10.0. The van der Waals surface area contributed by atoms with Crippen molar-refractivity contribution in [2.24, 2.45) is 0 Å². The molecule has 0 aliphatic carbocycles. The summed E-state index contributed by atoms with van der Waals surface area (Å²) in [6.45, 7) is -0.127. The maximum absolute atomic E-state index is 11.9. The number of aliphatic carboxylic acids is 1. The molecule has 0 saturated heterocycles. The highest BCUT2D eigenvalue weighted by Gasteiger charge is 2.21. The molecule has 2 rings (SSSR count). The van der Waals surface area contributed by atoms with Crippen LogP contribution < -0.4 is 4.57 Å². The van der Waals surface area contributed by atoms with Crippen molar-refractivity contribution >= 4 is 11.9 Å². The number of pyridine rings is 1. The molecule has 0 bridgehead atoms. The van der Waals surface area contributed by atoms with E-state index in [1.54, 1.807) is 29.0 Å². The average Bonchev–Trinajstić information content (AvgIpc) is 2.46. The molecule has 0 atom stereocenters. The van der Waals surface area contributed by atoms with E-state index >= 15 is 0 Å². The third kappa shape index (κ3) is 3.65. The van der Waals surface area contributed by atoms with Crippen LogP contribution in [0.4, 0.5) is 0 Å². The lowest BCUT2D eigenvalue weighted by Gasteiger charge is -2.03. The van der Waals surface area contributed by atoms with Crippen LogP contribution in [0.25, 0.3) is 0 Å². The lowest BCUT2D eigenvalue weighted by Crippen LogP contribution is -2.41. The van der Waals surface area contributed by atoms with Crippen LogP contribution in [0.5, 0.6) is 0 Å². The first-order valence-electron chi connectivity index (χ1n) is 6.08. The van der Waals surface area contributed by atoms with Crippen molar-refractivity contribution in [1.82, 2.24) is 0 Å². The standard InChI is InChI=1S/C15H13NO4/c17-14(18)11-20-15(19)13-8-4-5-9-16(13)10-12-6-2-1-3-7-12/h1-9H,10-11H2/p+1. The molecule has 1 N–H and O–H groups in total. The fourth-order valence-electron chi connectivity index (χ4n) is 1.78. The summed E-state index contributed by atoms with van der Waals surface area (Å²) in [5.74, 6) is -1.83. The largest absolute Gasteiger partial charge is 0.479 e. The van der Waals surface area contributed by atoms with Crippen LogP contribution in [0.2, 0.25) is 0 Å². The summed E-state index contributed by atoms with van der Waals surface area (Å²) in [6.07, 6.45) is 1.75. The number of carboxylic acids is 1. The zero-order valence-electron chi connectivity index (χ0n) is 10.7. The SMILES string of the molecule is O=C(O)COC(=O)c1cccc[n+]1Cc1ccccc1. The lowest BCUT2D eigenvalue weighted by molar-refractivity contribution is -0.690. The van der Waals surface area contributed by atoms with Gasteiger partial charge in [-0.3, -0.25) is 0 Å². The number of ether oxygens (including phenoxy) is 1. The number of hydrogen-bond acceptors (Lipinski definition) is 3. The van der Waals surface area contributed by atoms with Gasteiger partial charge >= 0.3 is 11.9 Å². The summed E-state index contributed by atoms with van der Waals surface area (Å²) in [4.78, 5) is 22.3. The van der Waals surface area contributed by atoms with E-state index in [2.05, 4.69) is 0 Å². The van der Waals surface area contributed by atoms with Crippen LogP contribution in [0.1, 0.15) is 16.1 Å². The van der Waals surface area contributed by atoms with Crippen molar-refractivity contribution in [1.29, 1.82) is 0 Å². The topological polar surface area (TPSA) is 67.5 Å². The molecule has 0 spiro atoms. The maximum Gasteiger partial charge on any atom is 0.404 e. The Kier molecular flexibility index (Phi) is 4.44. The van der Waals surface area contributed by atoms with Gasteiger partial charge in [0.15, 0.2) is 19.3 Å². The van der Waals surface area contributed by atoms with Crippen molar-refractivity contribution in [2.75, 3.05) is 6.61 Å². The molecule has 0 saturated carbocycles. The molecule has 0 radical (unpaired) electrons. The maximum atomic E-state index is 11.9. The van der Waals surface area contributed by atoms with Gasteiger partial charge in [0.25, 0.3) is 5.69 Å². The van der Waals surface area contributed by atoms with Gasteiger partial charge < -0.3 is 9.84 Å². The minimum atomic E-state index is -1.18. The second-order valence-corrected chi connectivity index (χ2v) is 4.17. The van der Waals surface area contributed by atoms with E-state index in [0.717, 1.165) is 5.56 Å². The second kappa shape index (κ2) is 6.47. The van der Waals surface area contributed by atoms with Crippen molar-refractivity contribution in [3.63, 3.8) is 0 Å². The smallest absolute Gasteiger partial charge is 0.404 e. The summed E-state index contributed by atoms with van der Waals surface area (Å²) in [7, 11) is 0. The van der Waals surface area contributed by atoms with Gasteiger partial charge in [-0.15, -0.1) is 0 Å². The lowest BCUT2D eigenvalue weighted by atomic mass is 10.2. The molecule has 102 valence electrons. The van der Waals surface area contributed by atoms with Crippen molar-refractivity contribution in [3.8, 4) is 0 Å². The Balaban J connectivity index is 2.18. The number of carboxylic acid groups (broad SMARTS) is 1. The molecule has 20 heavy (non-hydrogen) atoms. The highest BCUT2D eigenvalue weighted by molar-refractivity contribution is 5.87. The van der Waals surface area contributed by atoms with Gasteiger partial charge in [0.1, 0.15) is 0 Å². The van der Waals surface area contributed by atoms with Gasteiger partial charge in [-0.2, -0.15) is 4.57 Å². The predicted octanol–water partition coefficient (Wildman–Crippen LogP) is 1.26. The monoisotopic (exact) mass is 272 g/mol. The van der Waals surface area contributed by atoms with Gasteiger partial charge in [-0.1, -0.05) is 30.3 Å². The number of carbonyl (C=O) groups excluding carboxylic acids is 1. The quantitative estimate of drug-likeness (QED) is 0.657. The molecule has 5 nitrogen and oxygen atoms in total. The van der Waals surface area contributed by atoms with Crippen molar-refractivity contribution in [2.45, 2.75) is 6.54 Å². The van der Waals surface area contributed by atoms with E-state index in [4.69, 9.17) is 9.84 Å². The summed E-state index contributed by atoms with van der Waals surface area (Å²) in [6, 6.07) is 14.8. The van der Waals surface area contributed by atoms with Gasteiger partial charge in [0, 0.05) is 17.7 Å². The average molecular weight is 272 g/mol. The van der Waals surface area contributed by atoms with Crippen LogP contribution >= 0.6 is 0 Å². The predicted molar refractivity (Wildman–Crippen MR) is 70.1 cm³/mol. The fraction of sp³-hybridized carbons (Fsp3) is 0.133. The number of nitrogens with zero attached hydrogens (tertiary/aromatic N) is 1. The van der Waals surface area contributed by atoms with Crippen molar-refractivity contribution in [3.05, 3.63) is 66.0 Å². The fourth-order valence-corrected chi connectivity index (χ4v) is 1.78. The molecule has 5 heteroatoms. The summed E-state index contributed by atoms with van der Waals surface area (Å²) in [5.41, 5.74) is 1.36. The van der Waals surface area contributed by atoms with Gasteiger partial charge in [-0.25, -0.2) is 9.59 Å². The van der Waals surface area contributed by atoms with Gasteiger partial charge in [-0.05, 0) is 6.07 Å². The van der Waals surface area contributed by atoms with E-state index in [9.17, 15) is 9.59 Å². The molecule has 1 aromatic heterocycles. The van der Waals surface area contributed by atoms with Crippen LogP contribution in [0, 0.1) is 0 Å².